The minimum absolute atomic E-state index is 0.0165. The molecule has 1 aromatic carbocycles. The van der Waals surface area contributed by atoms with E-state index < -0.39 is 0 Å². The van der Waals surface area contributed by atoms with Crippen molar-refractivity contribution in [2.24, 2.45) is 17.8 Å². The summed E-state index contributed by atoms with van der Waals surface area (Å²) in [6.45, 7) is 0.717. The maximum atomic E-state index is 12.5. The standard InChI is InChI=1S/C26H32N4O3/c31-24(29-22-4-1-5-23(12-22)33-17-18-3-2-7-27-16-18)6-8-28-25(32)30-26-13-19-9-20(14-26)11-21(10-19)15-26/h1-5,7,12,16,19-21H,6,8-11,13-15,17H2,(H,29,31)(H2,28,30,32). The summed E-state index contributed by atoms with van der Waals surface area (Å²) in [5, 5.41) is 9.04. The van der Waals surface area contributed by atoms with Gasteiger partial charge in [-0.15, -0.1) is 0 Å². The fraction of sp³-hybridized carbons (Fsp3) is 0.500. The number of hydrogen-bond donors (Lipinski definition) is 3. The minimum atomic E-state index is -0.144. The molecule has 7 heteroatoms. The quantitative estimate of drug-likeness (QED) is 0.563. The molecule has 1 heterocycles. The third kappa shape index (κ3) is 5.46. The van der Waals surface area contributed by atoms with Crippen molar-refractivity contribution in [3.63, 3.8) is 0 Å². The van der Waals surface area contributed by atoms with Crippen LogP contribution in [0, 0.1) is 17.8 Å². The lowest BCUT2D eigenvalue weighted by Gasteiger charge is -2.56. The lowest BCUT2D eigenvalue weighted by atomic mass is 9.53. The lowest BCUT2D eigenvalue weighted by Crippen LogP contribution is -2.61. The number of urea groups is 1. The Morgan fingerprint density at radius 2 is 1.79 bits per heavy atom. The van der Waals surface area contributed by atoms with Gasteiger partial charge in [-0.05, 0) is 74.5 Å². The summed E-state index contributed by atoms with van der Waals surface area (Å²) in [5.74, 6) is 2.88. The van der Waals surface area contributed by atoms with Gasteiger partial charge in [0, 0.05) is 48.2 Å². The third-order valence-electron chi connectivity index (χ3n) is 7.30. The molecule has 3 N–H and O–H groups in total. The first-order valence-corrected chi connectivity index (χ1v) is 12.0. The fourth-order valence-electron chi connectivity index (χ4n) is 6.38. The zero-order valence-electron chi connectivity index (χ0n) is 18.9. The van der Waals surface area contributed by atoms with E-state index in [1.54, 1.807) is 18.5 Å². The number of hydrogen-bond acceptors (Lipinski definition) is 4. The number of aromatic nitrogens is 1. The van der Waals surface area contributed by atoms with Crippen molar-refractivity contribution in [1.82, 2.24) is 15.6 Å². The molecule has 0 unspecified atom stereocenters. The number of benzene rings is 1. The van der Waals surface area contributed by atoms with E-state index in [4.69, 9.17) is 4.74 Å². The van der Waals surface area contributed by atoms with Crippen molar-refractivity contribution >= 4 is 17.6 Å². The van der Waals surface area contributed by atoms with Gasteiger partial charge < -0.3 is 20.7 Å². The van der Waals surface area contributed by atoms with Crippen LogP contribution in [0.25, 0.3) is 0 Å². The molecule has 0 saturated heterocycles. The van der Waals surface area contributed by atoms with Crippen LogP contribution in [-0.4, -0.2) is 29.0 Å². The van der Waals surface area contributed by atoms with Gasteiger partial charge >= 0.3 is 6.03 Å². The number of amides is 3. The van der Waals surface area contributed by atoms with E-state index in [9.17, 15) is 9.59 Å². The molecule has 3 amide bonds. The number of nitrogens with zero attached hydrogens (tertiary/aromatic N) is 1. The van der Waals surface area contributed by atoms with E-state index >= 15 is 0 Å². The van der Waals surface area contributed by atoms with Gasteiger partial charge in [0.2, 0.25) is 5.91 Å². The Hall–Kier alpha value is -3.09. The van der Waals surface area contributed by atoms with Crippen LogP contribution in [0.5, 0.6) is 5.75 Å². The number of ether oxygens (including phenoxy) is 1. The highest BCUT2D eigenvalue weighted by Crippen LogP contribution is 2.55. The summed E-state index contributed by atoms with van der Waals surface area (Å²) >= 11 is 0. The van der Waals surface area contributed by atoms with Crippen LogP contribution in [0.4, 0.5) is 10.5 Å². The Balaban J connectivity index is 1.04. The molecule has 0 atom stereocenters. The number of nitrogens with one attached hydrogen (secondary N) is 3. The van der Waals surface area contributed by atoms with E-state index in [-0.39, 0.29) is 23.9 Å². The first-order valence-electron chi connectivity index (χ1n) is 12.0. The Labute approximate surface area is 194 Å². The second-order valence-corrected chi connectivity index (χ2v) is 10.1. The van der Waals surface area contributed by atoms with E-state index in [1.165, 1.54) is 19.3 Å². The number of pyridine rings is 1. The Kier molecular flexibility index (Phi) is 6.20. The Morgan fingerprint density at radius 3 is 2.48 bits per heavy atom. The van der Waals surface area contributed by atoms with Crippen molar-refractivity contribution in [3.8, 4) is 5.75 Å². The van der Waals surface area contributed by atoms with Gasteiger partial charge in [0.15, 0.2) is 0 Å². The van der Waals surface area contributed by atoms with Crippen LogP contribution in [0.3, 0.4) is 0 Å². The maximum absolute atomic E-state index is 12.5. The summed E-state index contributed by atoms with van der Waals surface area (Å²) in [4.78, 5) is 29.0. The summed E-state index contributed by atoms with van der Waals surface area (Å²) in [6, 6.07) is 11.0. The van der Waals surface area contributed by atoms with Gasteiger partial charge in [0.05, 0.1) is 0 Å². The first kappa shape index (κ1) is 21.7. The van der Waals surface area contributed by atoms with E-state index in [2.05, 4.69) is 20.9 Å². The van der Waals surface area contributed by atoms with E-state index in [0.29, 0.717) is 24.6 Å². The normalized spacial score (nSPS) is 27.1. The number of carbonyl (C=O) groups excluding carboxylic acids is 2. The maximum Gasteiger partial charge on any atom is 0.315 e. The van der Waals surface area contributed by atoms with Crippen LogP contribution in [-0.2, 0) is 11.4 Å². The molecule has 4 fully saturated rings. The molecule has 174 valence electrons. The number of rotatable bonds is 8. The molecule has 4 bridgehead atoms. The molecular formula is C26H32N4O3. The predicted octanol–water partition coefficient (Wildman–Crippen LogP) is 4.26. The largest absolute Gasteiger partial charge is 0.489 e. The van der Waals surface area contributed by atoms with Crippen LogP contribution in [0.1, 0.15) is 50.5 Å². The molecule has 4 aliphatic carbocycles. The van der Waals surface area contributed by atoms with E-state index in [1.807, 2.05) is 30.3 Å². The molecule has 6 rings (SSSR count). The third-order valence-corrected chi connectivity index (χ3v) is 7.30. The first-order chi connectivity index (χ1) is 16.1. The fourth-order valence-corrected chi connectivity index (χ4v) is 6.38. The molecule has 0 aliphatic heterocycles. The van der Waals surface area contributed by atoms with Gasteiger partial charge in [0.25, 0.3) is 0 Å². The Bertz CT molecular complexity index is 959. The summed E-state index contributed by atoms with van der Waals surface area (Å²) in [6.07, 6.45) is 11.1. The number of carbonyl (C=O) groups is 2. The van der Waals surface area contributed by atoms with Crippen LogP contribution >= 0.6 is 0 Å². The smallest absolute Gasteiger partial charge is 0.315 e. The van der Waals surface area contributed by atoms with Crippen molar-refractivity contribution in [1.29, 1.82) is 0 Å². The van der Waals surface area contributed by atoms with Gasteiger partial charge in [-0.25, -0.2) is 4.79 Å². The molecule has 4 aliphatic rings. The molecule has 4 saturated carbocycles. The van der Waals surface area contributed by atoms with Gasteiger partial charge in [-0.2, -0.15) is 0 Å². The van der Waals surface area contributed by atoms with Crippen LogP contribution < -0.4 is 20.7 Å². The summed E-state index contributed by atoms with van der Waals surface area (Å²) in [5.41, 5.74) is 1.63. The Morgan fingerprint density at radius 1 is 1.03 bits per heavy atom. The minimum Gasteiger partial charge on any atom is -0.489 e. The van der Waals surface area contributed by atoms with Gasteiger partial charge in [-0.3, -0.25) is 9.78 Å². The number of anilines is 1. The van der Waals surface area contributed by atoms with Gasteiger partial charge in [0.1, 0.15) is 12.4 Å². The highest BCUT2D eigenvalue weighted by Gasteiger charge is 2.51. The highest BCUT2D eigenvalue weighted by atomic mass is 16.5. The predicted molar refractivity (Wildman–Crippen MR) is 126 cm³/mol. The summed E-state index contributed by atoms with van der Waals surface area (Å²) in [7, 11) is 0. The molecule has 33 heavy (non-hydrogen) atoms. The average molecular weight is 449 g/mol. The van der Waals surface area contributed by atoms with Crippen molar-refractivity contribution in [2.45, 2.75) is 57.1 Å². The molecule has 0 spiro atoms. The lowest BCUT2D eigenvalue weighted by molar-refractivity contribution is -0.116. The topological polar surface area (TPSA) is 92.4 Å². The second-order valence-electron chi connectivity index (χ2n) is 10.1. The monoisotopic (exact) mass is 448 g/mol. The zero-order valence-corrected chi connectivity index (χ0v) is 18.9. The van der Waals surface area contributed by atoms with Crippen LogP contribution in [0.15, 0.2) is 48.8 Å². The molecule has 1 aromatic heterocycles. The molecule has 7 nitrogen and oxygen atoms in total. The average Bonchev–Trinajstić information content (AvgIpc) is 2.77. The molecular weight excluding hydrogens is 416 g/mol. The molecule has 0 radical (unpaired) electrons. The SMILES string of the molecule is O=C(CCNC(=O)NC12CC3CC(CC(C3)C1)C2)Nc1cccc(OCc2cccnc2)c1. The van der Waals surface area contributed by atoms with Crippen molar-refractivity contribution in [3.05, 3.63) is 54.4 Å². The van der Waals surface area contributed by atoms with Crippen molar-refractivity contribution in [2.75, 3.05) is 11.9 Å². The van der Waals surface area contributed by atoms with Crippen LogP contribution in [0.2, 0.25) is 0 Å². The second kappa shape index (κ2) is 9.41. The summed E-state index contributed by atoms with van der Waals surface area (Å²) < 4.78 is 5.79. The van der Waals surface area contributed by atoms with Crippen molar-refractivity contribution < 1.29 is 14.3 Å². The van der Waals surface area contributed by atoms with E-state index in [0.717, 1.165) is 42.6 Å². The zero-order chi connectivity index (χ0) is 22.7. The van der Waals surface area contributed by atoms with Gasteiger partial charge in [-0.1, -0.05) is 12.1 Å². The molecule has 2 aromatic rings. The highest BCUT2D eigenvalue weighted by molar-refractivity contribution is 5.91.